The van der Waals surface area contributed by atoms with E-state index < -0.39 is 14.6 Å². The third-order valence-corrected chi connectivity index (χ3v) is 9.07. The molecular weight excluding hydrogens is 494 g/mol. The van der Waals surface area contributed by atoms with E-state index in [-0.39, 0.29) is 12.1 Å². The maximum absolute atomic E-state index is 12.7. The van der Waals surface area contributed by atoms with Crippen LogP contribution in [0.4, 0.5) is 16.3 Å². The molecule has 2 aromatic heterocycles. The molecule has 1 saturated heterocycles. The number of hydrogen-bond donors (Lipinski definition) is 3. The Kier molecular flexibility index (Phi) is 6.63. The first-order valence-electron chi connectivity index (χ1n) is 12.2. The van der Waals surface area contributed by atoms with E-state index in [1.807, 2.05) is 25.1 Å². The number of carbonyl (C=O) groups is 1. The van der Waals surface area contributed by atoms with Crippen molar-refractivity contribution in [3.63, 3.8) is 0 Å². The van der Waals surface area contributed by atoms with E-state index >= 15 is 0 Å². The molecule has 1 aromatic carbocycles. The van der Waals surface area contributed by atoms with E-state index in [9.17, 15) is 13.2 Å². The third-order valence-electron chi connectivity index (χ3n) is 7.03. The Hall–Kier alpha value is -3.51. The molecular formula is C25H31N7O4S. The Bertz CT molecular complexity index is 1400. The number of hydrogen-bond acceptors (Lipinski definition) is 8. The minimum Gasteiger partial charge on any atom is -0.377 e. The van der Waals surface area contributed by atoms with Crippen LogP contribution >= 0.6 is 0 Å². The molecule has 3 aromatic rings. The summed E-state index contributed by atoms with van der Waals surface area (Å²) in [7, 11) is -3.34. The molecule has 2 amide bonds. The number of morpholine rings is 1. The van der Waals surface area contributed by atoms with Crippen LogP contribution in [0.2, 0.25) is 0 Å². The second kappa shape index (κ2) is 9.75. The highest BCUT2D eigenvalue weighted by Crippen LogP contribution is 2.52. The minimum atomic E-state index is -3.34. The largest absolute Gasteiger partial charge is 0.377 e. The van der Waals surface area contributed by atoms with Gasteiger partial charge in [-0.15, -0.1) is 0 Å². The predicted molar refractivity (Wildman–Crippen MR) is 140 cm³/mol. The predicted octanol–water partition coefficient (Wildman–Crippen LogP) is 2.76. The number of nitrogens with zero attached hydrogens (tertiary/aromatic N) is 4. The number of carbonyl (C=O) groups excluding carboxylic acids is 1. The number of sulfone groups is 1. The van der Waals surface area contributed by atoms with Gasteiger partial charge in [-0.05, 0) is 51.0 Å². The van der Waals surface area contributed by atoms with Crippen LogP contribution in [0.5, 0.6) is 0 Å². The summed E-state index contributed by atoms with van der Waals surface area (Å²) >= 11 is 0. The zero-order chi connectivity index (χ0) is 26.2. The number of aryl methyl sites for hydroxylation is 1. The number of H-pyrrole nitrogens is 1. The Balaban J connectivity index is 1.39. The molecule has 1 aliphatic carbocycles. The number of aromatic amines is 1. The van der Waals surface area contributed by atoms with Crippen LogP contribution in [-0.2, 0) is 25.9 Å². The molecule has 2 fully saturated rings. The molecule has 11 nitrogen and oxygen atoms in total. The first kappa shape index (κ1) is 25.2. The molecule has 1 saturated carbocycles. The van der Waals surface area contributed by atoms with Gasteiger partial charge in [-0.1, -0.05) is 0 Å². The van der Waals surface area contributed by atoms with Crippen LogP contribution in [0.3, 0.4) is 0 Å². The van der Waals surface area contributed by atoms with Crippen LogP contribution in [0, 0.1) is 6.92 Å². The Labute approximate surface area is 216 Å². The average molecular weight is 526 g/mol. The Morgan fingerprint density at radius 3 is 2.62 bits per heavy atom. The molecule has 2 aliphatic rings. The molecule has 196 valence electrons. The fourth-order valence-electron chi connectivity index (χ4n) is 4.56. The highest BCUT2D eigenvalue weighted by molar-refractivity contribution is 7.91. The van der Waals surface area contributed by atoms with E-state index in [0.29, 0.717) is 62.2 Å². The molecule has 1 aliphatic heterocycles. The lowest BCUT2D eigenvalue weighted by Crippen LogP contribution is -2.44. The summed E-state index contributed by atoms with van der Waals surface area (Å²) in [5.74, 6) is 1.15. The zero-order valence-electron chi connectivity index (χ0n) is 21.1. The lowest BCUT2D eigenvalue weighted by atomic mass is 10.1. The first-order valence-corrected chi connectivity index (χ1v) is 14.1. The van der Waals surface area contributed by atoms with Crippen molar-refractivity contribution < 1.29 is 17.9 Å². The molecule has 0 unspecified atom stereocenters. The summed E-state index contributed by atoms with van der Waals surface area (Å²) in [5.41, 5.74) is 3.62. The Morgan fingerprint density at radius 2 is 2.00 bits per heavy atom. The quantitative estimate of drug-likeness (QED) is 0.427. The van der Waals surface area contributed by atoms with Gasteiger partial charge in [-0.25, -0.2) is 23.2 Å². The lowest BCUT2D eigenvalue weighted by molar-refractivity contribution is 0.0985. The van der Waals surface area contributed by atoms with Gasteiger partial charge >= 0.3 is 6.03 Å². The Morgan fingerprint density at radius 1 is 1.24 bits per heavy atom. The summed E-state index contributed by atoms with van der Waals surface area (Å²) in [6.45, 7) is 6.11. The second-order valence-electron chi connectivity index (χ2n) is 9.70. The van der Waals surface area contributed by atoms with E-state index in [4.69, 9.17) is 14.7 Å². The summed E-state index contributed by atoms with van der Waals surface area (Å²) in [4.78, 5) is 24.0. The molecule has 12 heteroatoms. The molecule has 3 N–H and O–H groups in total. The van der Waals surface area contributed by atoms with Crippen molar-refractivity contribution >= 4 is 27.4 Å². The smallest absolute Gasteiger partial charge is 0.319 e. The summed E-state index contributed by atoms with van der Waals surface area (Å²) in [5, 5.41) is 12.4. The molecule has 5 rings (SSSR count). The summed E-state index contributed by atoms with van der Waals surface area (Å²) in [6, 6.07) is 8.78. The van der Waals surface area contributed by atoms with Crippen LogP contribution < -0.4 is 15.5 Å². The number of aromatic nitrogens is 4. The third kappa shape index (κ3) is 5.16. The fourth-order valence-corrected chi connectivity index (χ4v) is 5.89. The van der Waals surface area contributed by atoms with Gasteiger partial charge in [0, 0.05) is 48.4 Å². The van der Waals surface area contributed by atoms with Gasteiger partial charge in [-0.2, -0.15) is 5.10 Å². The van der Waals surface area contributed by atoms with Crippen molar-refractivity contribution in [2.24, 2.45) is 0 Å². The van der Waals surface area contributed by atoms with Crippen molar-refractivity contribution in [1.29, 1.82) is 0 Å². The molecule has 37 heavy (non-hydrogen) atoms. The number of nitrogens with one attached hydrogen (secondary N) is 3. The van der Waals surface area contributed by atoms with Crippen LogP contribution in [0.1, 0.15) is 36.7 Å². The maximum Gasteiger partial charge on any atom is 0.319 e. The van der Waals surface area contributed by atoms with Gasteiger partial charge in [-0.3, -0.25) is 5.10 Å². The highest BCUT2D eigenvalue weighted by Gasteiger charge is 2.55. The van der Waals surface area contributed by atoms with Crippen molar-refractivity contribution in [1.82, 2.24) is 25.5 Å². The van der Waals surface area contributed by atoms with Crippen LogP contribution in [0.15, 0.2) is 36.5 Å². The number of amides is 2. The van der Waals surface area contributed by atoms with Gasteiger partial charge in [0.25, 0.3) is 0 Å². The minimum absolute atomic E-state index is 0.105. The monoisotopic (exact) mass is 525 g/mol. The zero-order valence-corrected chi connectivity index (χ0v) is 21.9. The topological polar surface area (TPSA) is 142 Å². The number of rotatable bonds is 7. The SMILES string of the molecule is Cc1n[nH]cc1CNC(=O)Nc1ccc(-c2nc(N3CCOC[C@@H]3C)cc(C3(S(C)(=O)=O)CC3)n2)cc1. The van der Waals surface area contributed by atoms with Crippen molar-refractivity contribution in [3.05, 3.63) is 53.5 Å². The van der Waals surface area contributed by atoms with Gasteiger partial charge in [0.2, 0.25) is 0 Å². The van der Waals surface area contributed by atoms with E-state index in [1.165, 1.54) is 6.26 Å². The average Bonchev–Trinajstić information content (AvgIpc) is 3.60. The normalized spacial score (nSPS) is 18.9. The second-order valence-corrected chi connectivity index (χ2v) is 12.0. The van der Waals surface area contributed by atoms with Gasteiger partial charge in [0.05, 0.1) is 30.6 Å². The molecule has 1 atom stereocenters. The highest BCUT2D eigenvalue weighted by atomic mass is 32.2. The van der Waals surface area contributed by atoms with Gasteiger partial charge in [0.15, 0.2) is 15.7 Å². The van der Waals surface area contributed by atoms with Crippen molar-refractivity contribution in [2.75, 3.05) is 36.2 Å². The molecule has 0 spiro atoms. The summed E-state index contributed by atoms with van der Waals surface area (Å²) < 4.78 is 29.9. The van der Waals surface area contributed by atoms with E-state index in [1.54, 1.807) is 18.3 Å². The van der Waals surface area contributed by atoms with Gasteiger partial charge in [0.1, 0.15) is 10.6 Å². The first-order chi connectivity index (χ1) is 17.7. The van der Waals surface area contributed by atoms with Crippen molar-refractivity contribution in [3.8, 4) is 11.4 Å². The number of urea groups is 1. The molecule has 0 bridgehead atoms. The number of ether oxygens (including phenoxy) is 1. The van der Waals surface area contributed by atoms with Crippen LogP contribution in [0.25, 0.3) is 11.4 Å². The fraction of sp³-hybridized carbons (Fsp3) is 0.440. The van der Waals surface area contributed by atoms with Crippen molar-refractivity contribution in [2.45, 2.75) is 44.0 Å². The molecule has 0 radical (unpaired) electrons. The van der Waals surface area contributed by atoms with Gasteiger partial charge < -0.3 is 20.3 Å². The molecule has 3 heterocycles. The number of anilines is 2. The van der Waals surface area contributed by atoms with Crippen LogP contribution in [-0.4, -0.2) is 66.7 Å². The summed E-state index contributed by atoms with van der Waals surface area (Å²) in [6.07, 6.45) is 4.13. The maximum atomic E-state index is 12.7. The lowest BCUT2D eigenvalue weighted by Gasteiger charge is -2.34. The standard InChI is InChI=1S/C25H31N7O4S/c1-16-15-36-11-10-32(16)22-12-21(25(8-9-25)37(3,34)35)29-23(30-22)18-4-6-20(7-5-18)28-24(33)26-13-19-14-27-31-17(19)2/h4-7,12,14,16H,8-11,13,15H2,1-3H3,(H,27,31)(H2,26,28,33)/t16-/m0/s1. The van der Waals surface area contributed by atoms with E-state index in [0.717, 1.165) is 16.8 Å². The van der Waals surface area contributed by atoms with E-state index in [2.05, 4.69) is 32.7 Å². The number of benzene rings is 1.